The van der Waals surface area contributed by atoms with Crippen molar-refractivity contribution in [2.24, 2.45) is 0 Å². The molecule has 1 atom stereocenters. The Kier molecular flexibility index (Phi) is 5.10. The van der Waals surface area contributed by atoms with Gasteiger partial charge in [0.05, 0.1) is 0 Å². The molecule has 106 valence electrons. The zero-order valence-electron chi connectivity index (χ0n) is 12.6. The molecule has 0 fully saturated rings. The lowest BCUT2D eigenvalue weighted by Gasteiger charge is -2.15. The van der Waals surface area contributed by atoms with Gasteiger partial charge in [-0.25, -0.2) is 9.97 Å². The third-order valence-electron chi connectivity index (χ3n) is 3.48. The van der Waals surface area contributed by atoms with Crippen molar-refractivity contribution in [3.8, 4) is 0 Å². The Morgan fingerprint density at radius 1 is 1.10 bits per heavy atom. The number of hydrogen-bond donors (Lipinski definition) is 1. The fraction of sp³-hybridized carbons (Fsp3) is 0.412. The molecule has 0 aliphatic carbocycles. The average Bonchev–Trinajstić information content (AvgIpc) is 2.48. The Labute approximate surface area is 121 Å². The van der Waals surface area contributed by atoms with Gasteiger partial charge < -0.3 is 5.32 Å². The molecule has 2 rings (SSSR count). The van der Waals surface area contributed by atoms with Crippen LogP contribution in [0.1, 0.15) is 50.1 Å². The van der Waals surface area contributed by atoms with Crippen LogP contribution in [-0.2, 0) is 12.8 Å². The number of nitrogens with zero attached hydrogens (tertiary/aromatic N) is 2. The van der Waals surface area contributed by atoms with E-state index >= 15 is 0 Å². The molecule has 1 N–H and O–H groups in total. The van der Waals surface area contributed by atoms with Gasteiger partial charge in [0.25, 0.3) is 0 Å². The third kappa shape index (κ3) is 3.80. The summed E-state index contributed by atoms with van der Waals surface area (Å²) < 4.78 is 0. The summed E-state index contributed by atoms with van der Waals surface area (Å²) in [6.07, 6.45) is 4.82. The maximum Gasteiger partial charge on any atom is 0.130 e. The van der Waals surface area contributed by atoms with Crippen molar-refractivity contribution >= 4 is 5.82 Å². The highest BCUT2D eigenvalue weighted by Gasteiger charge is 2.06. The molecule has 1 aromatic heterocycles. The van der Waals surface area contributed by atoms with E-state index in [1.807, 2.05) is 6.07 Å². The number of aryl methyl sites for hydroxylation is 2. The summed E-state index contributed by atoms with van der Waals surface area (Å²) in [5.74, 6) is 0.899. The predicted molar refractivity (Wildman–Crippen MR) is 83.9 cm³/mol. The molecule has 20 heavy (non-hydrogen) atoms. The van der Waals surface area contributed by atoms with Crippen LogP contribution in [-0.4, -0.2) is 9.97 Å². The van der Waals surface area contributed by atoms with E-state index in [0.29, 0.717) is 0 Å². The van der Waals surface area contributed by atoms with Crippen LogP contribution in [0.25, 0.3) is 0 Å². The number of hydrogen-bond acceptors (Lipinski definition) is 3. The normalized spacial score (nSPS) is 12.2. The first-order valence-electron chi connectivity index (χ1n) is 7.39. The highest BCUT2D eigenvalue weighted by molar-refractivity contribution is 5.39. The number of aromatic nitrogens is 2. The van der Waals surface area contributed by atoms with Gasteiger partial charge >= 0.3 is 0 Å². The summed E-state index contributed by atoms with van der Waals surface area (Å²) in [6, 6.07) is 11.0. The van der Waals surface area contributed by atoms with Crippen molar-refractivity contribution in [1.82, 2.24) is 9.97 Å². The molecule has 1 heterocycles. The lowest BCUT2D eigenvalue weighted by Crippen LogP contribution is -2.08. The highest BCUT2D eigenvalue weighted by atomic mass is 15.0. The molecule has 1 unspecified atom stereocenters. The van der Waals surface area contributed by atoms with Gasteiger partial charge in [-0.15, -0.1) is 0 Å². The monoisotopic (exact) mass is 269 g/mol. The molecule has 0 amide bonds. The quantitative estimate of drug-likeness (QED) is 0.855. The number of nitrogens with one attached hydrogen (secondary N) is 1. The Morgan fingerprint density at radius 2 is 1.85 bits per heavy atom. The topological polar surface area (TPSA) is 37.8 Å². The second-order valence-electron chi connectivity index (χ2n) is 5.11. The van der Waals surface area contributed by atoms with Crippen LogP contribution >= 0.6 is 0 Å². The average molecular weight is 269 g/mol. The first kappa shape index (κ1) is 14.5. The molecule has 3 nitrogen and oxygen atoms in total. The standard InChI is InChI=1S/C17H23N3/c1-4-6-16-11-17(19-12-18-16)20-13(3)15-9-7-14(5-2)8-10-15/h7-13H,4-6H2,1-3H3,(H,18,19,20). The van der Waals surface area contributed by atoms with Gasteiger partial charge in [0, 0.05) is 17.8 Å². The molecule has 0 bridgehead atoms. The summed E-state index contributed by atoms with van der Waals surface area (Å²) in [6.45, 7) is 6.49. The van der Waals surface area contributed by atoms with Gasteiger partial charge in [0.1, 0.15) is 12.1 Å². The Morgan fingerprint density at radius 3 is 2.50 bits per heavy atom. The minimum Gasteiger partial charge on any atom is -0.363 e. The summed E-state index contributed by atoms with van der Waals surface area (Å²) in [7, 11) is 0. The smallest absolute Gasteiger partial charge is 0.130 e. The van der Waals surface area contributed by atoms with Crippen molar-refractivity contribution in [1.29, 1.82) is 0 Å². The largest absolute Gasteiger partial charge is 0.363 e. The second-order valence-corrected chi connectivity index (χ2v) is 5.11. The first-order valence-corrected chi connectivity index (χ1v) is 7.39. The SMILES string of the molecule is CCCc1cc(NC(C)c2ccc(CC)cc2)ncn1. The Bertz CT molecular complexity index is 534. The molecule has 0 spiro atoms. The van der Waals surface area contributed by atoms with Crippen LogP contribution in [0.15, 0.2) is 36.7 Å². The van der Waals surface area contributed by atoms with E-state index in [1.54, 1.807) is 6.33 Å². The van der Waals surface area contributed by atoms with E-state index in [2.05, 4.69) is 60.3 Å². The first-order chi connectivity index (χ1) is 9.72. The summed E-state index contributed by atoms with van der Waals surface area (Å²) in [5.41, 5.74) is 3.74. The number of rotatable bonds is 6. The molecule has 0 radical (unpaired) electrons. The minimum absolute atomic E-state index is 0.241. The van der Waals surface area contributed by atoms with Crippen molar-refractivity contribution in [2.45, 2.75) is 46.1 Å². The van der Waals surface area contributed by atoms with E-state index in [4.69, 9.17) is 0 Å². The van der Waals surface area contributed by atoms with Crippen LogP contribution in [0.4, 0.5) is 5.82 Å². The maximum absolute atomic E-state index is 4.30. The van der Waals surface area contributed by atoms with Crippen LogP contribution in [0.3, 0.4) is 0 Å². The third-order valence-corrected chi connectivity index (χ3v) is 3.48. The van der Waals surface area contributed by atoms with E-state index in [1.165, 1.54) is 11.1 Å². The zero-order chi connectivity index (χ0) is 14.4. The fourth-order valence-corrected chi connectivity index (χ4v) is 2.22. The number of anilines is 1. The summed E-state index contributed by atoms with van der Waals surface area (Å²) in [4.78, 5) is 8.58. The van der Waals surface area contributed by atoms with Crippen LogP contribution < -0.4 is 5.32 Å². The van der Waals surface area contributed by atoms with Crippen LogP contribution in [0.2, 0.25) is 0 Å². The van der Waals surface area contributed by atoms with Crippen molar-refractivity contribution in [3.05, 3.63) is 53.5 Å². The molecule has 0 saturated heterocycles. The summed E-state index contributed by atoms with van der Waals surface area (Å²) >= 11 is 0. The van der Waals surface area contributed by atoms with Crippen molar-refractivity contribution in [2.75, 3.05) is 5.32 Å². The molecular weight excluding hydrogens is 246 g/mol. The van der Waals surface area contributed by atoms with E-state index in [0.717, 1.165) is 30.8 Å². The van der Waals surface area contributed by atoms with Gasteiger partial charge in [-0.2, -0.15) is 0 Å². The molecular formula is C17H23N3. The van der Waals surface area contributed by atoms with Gasteiger partial charge in [0.2, 0.25) is 0 Å². The molecule has 0 saturated carbocycles. The van der Waals surface area contributed by atoms with E-state index < -0.39 is 0 Å². The molecule has 3 heteroatoms. The predicted octanol–water partition coefficient (Wildman–Crippen LogP) is 4.16. The molecule has 1 aromatic carbocycles. The van der Waals surface area contributed by atoms with Crippen LogP contribution in [0, 0.1) is 0 Å². The summed E-state index contributed by atoms with van der Waals surface area (Å²) in [5, 5.41) is 3.44. The second kappa shape index (κ2) is 7.04. The highest BCUT2D eigenvalue weighted by Crippen LogP contribution is 2.19. The minimum atomic E-state index is 0.241. The van der Waals surface area contributed by atoms with Crippen molar-refractivity contribution in [3.63, 3.8) is 0 Å². The molecule has 2 aromatic rings. The lowest BCUT2D eigenvalue weighted by molar-refractivity contribution is 0.848. The molecule has 0 aliphatic rings. The Balaban J connectivity index is 2.06. The number of benzene rings is 1. The van der Waals surface area contributed by atoms with E-state index in [9.17, 15) is 0 Å². The Hall–Kier alpha value is -1.90. The van der Waals surface area contributed by atoms with Crippen molar-refractivity contribution < 1.29 is 0 Å². The van der Waals surface area contributed by atoms with E-state index in [-0.39, 0.29) is 6.04 Å². The molecule has 0 aliphatic heterocycles. The van der Waals surface area contributed by atoms with Gasteiger partial charge in [0.15, 0.2) is 0 Å². The van der Waals surface area contributed by atoms with Gasteiger partial charge in [-0.05, 0) is 30.9 Å². The fourth-order valence-electron chi connectivity index (χ4n) is 2.22. The van der Waals surface area contributed by atoms with Gasteiger partial charge in [-0.1, -0.05) is 44.5 Å². The van der Waals surface area contributed by atoms with Crippen LogP contribution in [0.5, 0.6) is 0 Å². The van der Waals surface area contributed by atoms with Gasteiger partial charge in [-0.3, -0.25) is 0 Å². The lowest BCUT2D eigenvalue weighted by atomic mass is 10.1. The maximum atomic E-state index is 4.30. The zero-order valence-corrected chi connectivity index (χ0v) is 12.6.